The van der Waals surface area contributed by atoms with Crippen molar-refractivity contribution in [2.24, 2.45) is 0 Å². The summed E-state index contributed by atoms with van der Waals surface area (Å²) in [5, 5.41) is 3.22. The SMILES string of the molecule is Cc1ccnc(Nc2cc(N3CCN(C(=O)c4ccc5nsnc5c4)CC3)ncn2)c1. The number of aryl methyl sites for hydroxylation is 1. The molecule has 1 amide bonds. The molecular weight excluding hydrogens is 412 g/mol. The molecule has 0 saturated carbocycles. The number of pyridine rings is 1. The van der Waals surface area contributed by atoms with Gasteiger partial charge in [-0.05, 0) is 42.8 Å². The van der Waals surface area contributed by atoms with Crippen LogP contribution < -0.4 is 10.2 Å². The predicted octanol–water partition coefficient (Wildman–Crippen LogP) is 2.89. The van der Waals surface area contributed by atoms with Gasteiger partial charge in [-0.25, -0.2) is 15.0 Å². The fourth-order valence-corrected chi connectivity index (χ4v) is 4.08. The maximum atomic E-state index is 12.9. The molecule has 4 aromatic rings. The second-order valence-corrected chi connectivity index (χ2v) is 7.88. The van der Waals surface area contributed by atoms with E-state index in [-0.39, 0.29) is 5.91 Å². The van der Waals surface area contributed by atoms with Gasteiger partial charge in [0.1, 0.15) is 34.8 Å². The highest BCUT2D eigenvalue weighted by Crippen LogP contribution is 2.20. The number of anilines is 3. The summed E-state index contributed by atoms with van der Waals surface area (Å²) in [5.74, 6) is 2.27. The number of carbonyl (C=O) groups excluding carboxylic acids is 1. The molecule has 3 aromatic heterocycles. The molecule has 31 heavy (non-hydrogen) atoms. The highest BCUT2D eigenvalue weighted by molar-refractivity contribution is 7.00. The maximum Gasteiger partial charge on any atom is 0.254 e. The van der Waals surface area contributed by atoms with Gasteiger partial charge in [0, 0.05) is 44.0 Å². The quantitative estimate of drug-likeness (QED) is 0.525. The van der Waals surface area contributed by atoms with Gasteiger partial charge in [0.25, 0.3) is 5.91 Å². The molecular formula is C21H20N8OS. The van der Waals surface area contributed by atoms with Crippen LogP contribution in [0, 0.1) is 6.92 Å². The van der Waals surface area contributed by atoms with E-state index in [0.717, 1.165) is 40.0 Å². The number of benzene rings is 1. The second-order valence-electron chi connectivity index (χ2n) is 7.35. The highest BCUT2D eigenvalue weighted by Gasteiger charge is 2.23. The first-order chi connectivity index (χ1) is 15.2. The Balaban J connectivity index is 1.24. The van der Waals surface area contributed by atoms with E-state index in [1.165, 1.54) is 0 Å². The van der Waals surface area contributed by atoms with E-state index in [1.807, 2.05) is 48.2 Å². The van der Waals surface area contributed by atoms with Crippen molar-refractivity contribution in [3.8, 4) is 0 Å². The molecule has 5 rings (SSSR count). The van der Waals surface area contributed by atoms with Gasteiger partial charge in [0.15, 0.2) is 0 Å². The van der Waals surface area contributed by atoms with E-state index in [9.17, 15) is 4.79 Å². The first-order valence-corrected chi connectivity index (χ1v) is 10.7. The summed E-state index contributed by atoms with van der Waals surface area (Å²) in [4.78, 5) is 30.0. The number of hydrogen-bond acceptors (Lipinski definition) is 9. The molecule has 0 aliphatic carbocycles. The summed E-state index contributed by atoms with van der Waals surface area (Å²) in [5.41, 5.74) is 3.35. The molecule has 1 fully saturated rings. The molecule has 0 atom stereocenters. The van der Waals surface area contributed by atoms with E-state index in [1.54, 1.807) is 12.5 Å². The van der Waals surface area contributed by atoms with Gasteiger partial charge in [-0.15, -0.1) is 0 Å². The average Bonchev–Trinajstić information content (AvgIpc) is 3.27. The van der Waals surface area contributed by atoms with Gasteiger partial charge in [0.2, 0.25) is 0 Å². The minimum atomic E-state index is 0.0186. The summed E-state index contributed by atoms with van der Waals surface area (Å²) in [7, 11) is 0. The van der Waals surface area contributed by atoms with Gasteiger partial charge >= 0.3 is 0 Å². The van der Waals surface area contributed by atoms with Crippen LogP contribution in [0.3, 0.4) is 0 Å². The van der Waals surface area contributed by atoms with Crippen LogP contribution in [0.5, 0.6) is 0 Å². The highest BCUT2D eigenvalue weighted by atomic mass is 32.1. The van der Waals surface area contributed by atoms with Crippen LogP contribution in [0.15, 0.2) is 48.9 Å². The Morgan fingerprint density at radius 2 is 1.74 bits per heavy atom. The second kappa shape index (κ2) is 8.23. The van der Waals surface area contributed by atoms with Crippen molar-refractivity contribution in [3.63, 3.8) is 0 Å². The maximum absolute atomic E-state index is 12.9. The Morgan fingerprint density at radius 1 is 0.935 bits per heavy atom. The fraction of sp³-hybridized carbons (Fsp3) is 0.238. The third kappa shape index (κ3) is 4.15. The number of aromatic nitrogens is 5. The molecule has 10 heteroatoms. The van der Waals surface area contributed by atoms with Crippen LogP contribution in [-0.4, -0.2) is 60.7 Å². The lowest BCUT2D eigenvalue weighted by Crippen LogP contribution is -2.49. The monoisotopic (exact) mass is 432 g/mol. The number of nitrogens with zero attached hydrogens (tertiary/aromatic N) is 7. The third-order valence-electron chi connectivity index (χ3n) is 5.22. The molecule has 1 aliphatic heterocycles. The topological polar surface area (TPSA) is 100 Å². The Hall–Kier alpha value is -3.66. The van der Waals surface area contributed by atoms with Gasteiger partial charge in [0.05, 0.1) is 11.7 Å². The Labute approximate surface area is 183 Å². The number of hydrogen-bond donors (Lipinski definition) is 1. The lowest BCUT2D eigenvalue weighted by Gasteiger charge is -2.35. The van der Waals surface area contributed by atoms with Gasteiger partial charge < -0.3 is 15.1 Å². The number of nitrogens with one attached hydrogen (secondary N) is 1. The number of amides is 1. The van der Waals surface area contributed by atoms with Gasteiger partial charge in [-0.3, -0.25) is 4.79 Å². The van der Waals surface area contributed by atoms with Crippen LogP contribution in [0.2, 0.25) is 0 Å². The fourth-order valence-electron chi connectivity index (χ4n) is 3.56. The molecule has 4 heterocycles. The number of fused-ring (bicyclic) bond motifs is 1. The van der Waals surface area contributed by atoms with Crippen LogP contribution in [0.1, 0.15) is 15.9 Å². The van der Waals surface area contributed by atoms with E-state index in [2.05, 4.69) is 33.9 Å². The molecule has 1 saturated heterocycles. The Morgan fingerprint density at radius 3 is 2.58 bits per heavy atom. The van der Waals surface area contributed by atoms with Crippen LogP contribution >= 0.6 is 11.7 Å². The summed E-state index contributed by atoms with van der Waals surface area (Å²) >= 11 is 1.16. The molecule has 1 aliphatic rings. The Bertz CT molecular complexity index is 1230. The summed E-state index contributed by atoms with van der Waals surface area (Å²) in [6.07, 6.45) is 3.31. The van der Waals surface area contributed by atoms with Crippen molar-refractivity contribution >= 4 is 46.1 Å². The third-order valence-corrected chi connectivity index (χ3v) is 5.77. The molecule has 0 spiro atoms. The molecule has 1 N–H and O–H groups in total. The summed E-state index contributed by atoms with van der Waals surface area (Å²) < 4.78 is 8.42. The molecule has 0 unspecified atom stereocenters. The first kappa shape index (κ1) is 19.3. The summed E-state index contributed by atoms with van der Waals surface area (Å²) in [6, 6.07) is 11.3. The van der Waals surface area contributed by atoms with Crippen LogP contribution in [0.4, 0.5) is 17.5 Å². The van der Waals surface area contributed by atoms with Crippen molar-refractivity contribution in [2.45, 2.75) is 6.92 Å². The average molecular weight is 433 g/mol. The number of rotatable bonds is 4. The molecule has 1 aromatic carbocycles. The minimum absolute atomic E-state index is 0.0186. The number of piperazine rings is 1. The smallest absolute Gasteiger partial charge is 0.254 e. The Kier molecular flexibility index (Phi) is 5.13. The van der Waals surface area contributed by atoms with Gasteiger partial charge in [-0.1, -0.05) is 0 Å². The van der Waals surface area contributed by atoms with Gasteiger partial charge in [-0.2, -0.15) is 8.75 Å². The van der Waals surface area contributed by atoms with E-state index < -0.39 is 0 Å². The molecule has 0 bridgehead atoms. The molecule has 156 valence electrons. The lowest BCUT2D eigenvalue weighted by atomic mass is 10.1. The standard InChI is InChI=1S/C21H20N8OS/c1-14-4-5-22-18(10-14)25-19-12-20(24-13-23-19)28-6-8-29(9-7-28)21(30)15-2-3-16-17(11-15)27-31-26-16/h2-5,10-13H,6-9H2,1H3,(H,22,23,24,25). The zero-order valence-electron chi connectivity index (χ0n) is 16.9. The summed E-state index contributed by atoms with van der Waals surface area (Å²) in [6.45, 7) is 4.67. The van der Waals surface area contributed by atoms with Crippen molar-refractivity contribution in [2.75, 3.05) is 36.4 Å². The van der Waals surface area contributed by atoms with E-state index >= 15 is 0 Å². The van der Waals surface area contributed by atoms with Crippen molar-refractivity contribution in [3.05, 3.63) is 60.0 Å². The van der Waals surface area contributed by atoms with Crippen molar-refractivity contribution < 1.29 is 4.79 Å². The molecule has 9 nitrogen and oxygen atoms in total. The zero-order valence-corrected chi connectivity index (χ0v) is 17.7. The normalized spacial score (nSPS) is 14.1. The van der Waals surface area contributed by atoms with E-state index in [4.69, 9.17) is 0 Å². The van der Waals surface area contributed by atoms with Crippen LogP contribution in [-0.2, 0) is 0 Å². The minimum Gasteiger partial charge on any atom is -0.353 e. The number of carbonyl (C=O) groups is 1. The lowest BCUT2D eigenvalue weighted by molar-refractivity contribution is 0.0746. The van der Waals surface area contributed by atoms with Crippen molar-refractivity contribution in [1.82, 2.24) is 28.6 Å². The largest absolute Gasteiger partial charge is 0.353 e. The van der Waals surface area contributed by atoms with Crippen molar-refractivity contribution in [1.29, 1.82) is 0 Å². The first-order valence-electron chi connectivity index (χ1n) is 9.94. The molecule has 0 radical (unpaired) electrons. The predicted molar refractivity (Wildman–Crippen MR) is 120 cm³/mol. The zero-order chi connectivity index (χ0) is 21.2. The van der Waals surface area contributed by atoms with Crippen LogP contribution in [0.25, 0.3) is 11.0 Å². The van der Waals surface area contributed by atoms with E-state index in [0.29, 0.717) is 37.6 Å².